The van der Waals surface area contributed by atoms with E-state index in [2.05, 4.69) is 27.5 Å². The summed E-state index contributed by atoms with van der Waals surface area (Å²) in [5.74, 6) is 3.87. The quantitative estimate of drug-likeness (QED) is 0.807. The molecule has 2 aliphatic heterocycles. The van der Waals surface area contributed by atoms with Crippen LogP contribution in [-0.2, 0) is 6.54 Å². The summed E-state index contributed by atoms with van der Waals surface area (Å²) in [7, 11) is 1.66. The summed E-state index contributed by atoms with van der Waals surface area (Å²) in [5, 5.41) is 19.5. The summed E-state index contributed by atoms with van der Waals surface area (Å²) < 4.78 is 18.5. The van der Waals surface area contributed by atoms with Crippen molar-refractivity contribution in [2.45, 2.75) is 50.3 Å². The van der Waals surface area contributed by atoms with E-state index in [1.807, 2.05) is 10.7 Å². The first-order valence-corrected chi connectivity index (χ1v) is 11.0. The largest absolute Gasteiger partial charge is 0.493 e. The summed E-state index contributed by atoms with van der Waals surface area (Å²) >= 11 is 0. The molecule has 160 valence electrons. The SMILES string of the molecule is COc1cc(CN2C[C@H]3C[C@@H](n4cc(C5CC5)nn4)[C@H](O)C[C@H]3C2)cc2c1OCO2. The lowest BCUT2D eigenvalue weighted by Gasteiger charge is -2.35. The van der Waals surface area contributed by atoms with Crippen LogP contribution in [0.3, 0.4) is 0 Å². The number of methoxy groups -OCH3 is 1. The van der Waals surface area contributed by atoms with E-state index in [1.54, 1.807) is 7.11 Å². The van der Waals surface area contributed by atoms with Crippen LogP contribution in [0.25, 0.3) is 0 Å². The van der Waals surface area contributed by atoms with Crippen LogP contribution >= 0.6 is 0 Å². The predicted octanol–water partition coefficient (Wildman–Crippen LogP) is 2.34. The van der Waals surface area contributed by atoms with Gasteiger partial charge in [-0.15, -0.1) is 5.10 Å². The Bertz CT molecular complexity index is 943. The van der Waals surface area contributed by atoms with Gasteiger partial charge in [0.1, 0.15) is 0 Å². The van der Waals surface area contributed by atoms with E-state index >= 15 is 0 Å². The molecule has 4 aliphatic rings. The van der Waals surface area contributed by atoms with Gasteiger partial charge in [-0.25, -0.2) is 4.68 Å². The van der Waals surface area contributed by atoms with Gasteiger partial charge in [0.05, 0.1) is 24.9 Å². The number of aliphatic hydroxyl groups is 1. The van der Waals surface area contributed by atoms with Crippen LogP contribution in [0.4, 0.5) is 0 Å². The lowest BCUT2D eigenvalue weighted by atomic mass is 9.77. The highest BCUT2D eigenvalue weighted by Gasteiger charge is 2.43. The smallest absolute Gasteiger partial charge is 0.231 e. The van der Waals surface area contributed by atoms with Crippen molar-refractivity contribution in [1.82, 2.24) is 19.9 Å². The molecule has 2 aromatic rings. The Hall–Kier alpha value is -2.32. The molecule has 0 bridgehead atoms. The fourth-order valence-electron chi connectivity index (χ4n) is 5.47. The summed E-state index contributed by atoms with van der Waals surface area (Å²) in [5.41, 5.74) is 2.26. The number of hydrogen-bond acceptors (Lipinski definition) is 7. The number of aliphatic hydroxyl groups excluding tert-OH is 1. The molecule has 1 saturated heterocycles. The Labute approximate surface area is 175 Å². The van der Waals surface area contributed by atoms with E-state index in [0.717, 1.165) is 55.2 Å². The first-order valence-electron chi connectivity index (χ1n) is 11.0. The number of nitrogens with zero attached hydrogens (tertiary/aromatic N) is 4. The molecule has 4 atom stereocenters. The van der Waals surface area contributed by atoms with Gasteiger partial charge in [-0.2, -0.15) is 0 Å². The third-order valence-corrected chi connectivity index (χ3v) is 7.17. The molecule has 8 nitrogen and oxygen atoms in total. The number of rotatable bonds is 5. The lowest BCUT2D eigenvalue weighted by Crippen LogP contribution is -2.36. The highest BCUT2D eigenvalue weighted by atomic mass is 16.7. The van der Waals surface area contributed by atoms with E-state index in [-0.39, 0.29) is 18.9 Å². The van der Waals surface area contributed by atoms with Gasteiger partial charge in [-0.3, -0.25) is 4.90 Å². The van der Waals surface area contributed by atoms with E-state index < -0.39 is 0 Å². The average Bonchev–Trinajstić information content (AvgIpc) is 3.13. The van der Waals surface area contributed by atoms with Crippen molar-refractivity contribution < 1.29 is 19.3 Å². The maximum Gasteiger partial charge on any atom is 0.231 e. The maximum absolute atomic E-state index is 10.8. The molecular weight excluding hydrogens is 384 g/mol. The zero-order valence-electron chi connectivity index (χ0n) is 17.2. The van der Waals surface area contributed by atoms with Crippen LogP contribution in [0.1, 0.15) is 48.9 Å². The molecular formula is C22H28N4O4. The summed E-state index contributed by atoms with van der Waals surface area (Å²) in [4.78, 5) is 2.48. The van der Waals surface area contributed by atoms with E-state index in [0.29, 0.717) is 23.5 Å². The van der Waals surface area contributed by atoms with Crippen molar-refractivity contribution in [3.8, 4) is 17.2 Å². The Morgan fingerprint density at radius 1 is 1.17 bits per heavy atom. The third-order valence-electron chi connectivity index (χ3n) is 7.17. The topological polar surface area (TPSA) is 81.9 Å². The average molecular weight is 412 g/mol. The Morgan fingerprint density at radius 2 is 2.00 bits per heavy atom. The highest BCUT2D eigenvalue weighted by molar-refractivity contribution is 5.55. The molecule has 3 heterocycles. The molecule has 2 saturated carbocycles. The van der Waals surface area contributed by atoms with Gasteiger partial charge >= 0.3 is 0 Å². The molecule has 1 aromatic carbocycles. The second-order valence-electron chi connectivity index (χ2n) is 9.25. The zero-order chi connectivity index (χ0) is 20.2. The predicted molar refractivity (Wildman–Crippen MR) is 108 cm³/mol. The van der Waals surface area contributed by atoms with E-state index in [9.17, 15) is 5.11 Å². The van der Waals surface area contributed by atoms with Crippen molar-refractivity contribution in [2.24, 2.45) is 11.8 Å². The molecule has 30 heavy (non-hydrogen) atoms. The summed E-state index contributed by atoms with van der Waals surface area (Å²) in [6, 6.07) is 4.14. The van der Waals surface area contributed by atoms with Crippen molar-refractivity contribution in [1.29, 1.82) is 0 Å². The van der Waals surface area contributed by atoms with Crippen molar-refractivity contribution in [3.05, 3.63) is 29.6 Å². The second kappa shape index (κ2) is 7.13. The monoisotopic (exact) mass is 412 g/mol. The molecule has 0 amide bonds. The molecule has 1 N–H and O–H groups in total. The molecule has 8 heteroatoms. The number of hydrogen-bond donors (Lipinski definition) is 1. The number of benzene rings is 1. The molecule has 1 aromatic heterocycles. The van der Waals surface area contributed by atoms with Crippen LogP contribution < -0.4 is 14.2 Å². The van der Waals surface area contributed by atoms with Crippen LogP contribution in [0.5, 0.6) is 17.2 Å². The first-order chi connectivity index (χ1) is 14.7. The van der Waals surface area contributed by atoms with E-state index in [1.165, 1.54) is 12.8 Å². The van der Waals surface area contributed by atoms with Gasteiger partial charge < -0.3 is 19.3 Å². The minimum absolute atomic E-state index is 0.0387. The number of ether oxygens (including phenoxy) is 3. The second-order valence-corrected chi connectivity index (χ2v) is 9.25. The van der Waals surface area contributed by atoms with Crippen molar-refractivity contribution >= 4 is 0 Å². The lowest BCUT2D eigenvalue weighted by molar-refractivity contribution is 0.0298. The standard InChI is InChI=1S/C22H28N4O4/c1-28-20-4-13(5-21-22(20)30-12-29-21)8-25-9-15-6-18(19(27)7-16(15)10-25)26-11-17(23-24-26)14-2-3-14/h4-5,11,14-16,18-19,27H,2-3,6-10,12H2,1H3/t15-,16+,18-,19-/m1/s1. The minimum atomic E-state index is -0.356. The molecule has 2 aliphatic carbocycles. The van der Waals surface area contributed by atoms with Crippen LogP contribution in [0, 0.1) is 11.8 Å². The van der Waals surface area contributed by atoms with Gasteiger partial charge in [0, 0.05) is 31.7 Å². The molecule has 0 spiro atoms. The first kappa shape index (κ1) is 18.4. The van der Waals surface area contributed by atoms with Crippen molar-refractivity contribution in [3.63, 3.8) is 0 Å². The number of aromatic nitrogens is 3. The fourth-order valence-corrected chi connectivity index (χ4v) is 5.47. The molecule has 0 unspecified atom stereocenters. The maximum atomic E-state index is 10.8. The van der Waals surface area contributed by atoms with Gasteiger partial charge in [0.25, 0.3) is 0 Å². The number of likely N-dealkylation sites (tertiary alicyclic amines) is 1. The van der Waals surface area contributed by atoms with Crippen molar-refractivity contribution in [2.75, 3.05) is 27.0 Å². The normalized spacial score (nSPS) is 30.5. The molecule has 3 fully saturated rings. The summed E-state index contributed by atoms with van der Waals surface area (Å²) in [6.07, 6.45) is 5.93. The number of fused-ring (bicyclic) bond motifs is 2. The molecule has 0 radical (unpaired) electrons. The van der Waals surface area contributed by atoms with E-state index in [4.69, 9.17) is 14.2 Å². The third kappa shape index (κ3) is 3.22. The summed E-state index contributed by atoms with van der Waals surface area (Å²) in [6.45, 7) is 3.13. The Balaban J connectivity index is 1.15. The van der Waals surface area contributed by atoms with Crippen LogP contribution in [-0.4, -0.2) is 58.1 Å². The molecule has 6 rings (SSSR count). The van der Waals surface area contributed by atoms with Gasteiger partial charge in [-0.05, 0) is 55.2 Å². The highest BCUT2D eigenvalue weighted by Crippen LogP contribution is 2.45. The Morgan fingerprint density at radius 3 is 2.80 bits per heavy atom. The van der Waals surface area contributed by atoms with Crippen LogP contribution in [0.2, 0.25) is 0 Å². The zero-order valence-corrected chi connectivity index (χ0v) is 17.2. The van der Waals surface area contributed by atoms with Gasteiger partial charge in [0.15, 0.2) is 11.5 Å². The minimum Gasteiger partial charge on any atom is -0.493 e. The Kier molecular flexibility index (Phi) is 4.38. The van der Waals surface area contributed by atoms with Gasteiger partial charge in [-0.1, -0.05) is 5.21 Å². The van der Waals surface area contributed by atoms with Crippen LogP contribution in [0.15, 0.2) is 18.3 Å². The van der Waals surface area contributed by atoms with Gasteiger partial charge in [0.2, 0.25) is 12.5 Å². The fraction of sp³-hybridized carbons (Fsp3) is 0.636.